The molecule has 0 atom stereocenters. The van der Waals surface area contributed by atoms with E-state index in [1.807, 2.05) is 6.92 Å². The van der Waals surface area contributed by atoms with Crippen molar-refractivity contribution in [1.82, 2.24) is 4.98 Å². The summed E-state index contributed by atoms with van der Waals surface area (Å²) in [5.74, 6) is -0.602. The third-order valence-corrected chi connectivity index (χ3v) is 5.66. The first-order chi connectivity index (χ1) is 10.8. The molecule has 0 aliphatic carbocycles. The first-order valence-electron chi connectivity index (χ1n) is 6.94. The highest BCUT2D eigenvalue weighted by molar-refractivity contribution is 7.91. The van der Waals surface area contributed by atoms with E-state index in [0.29, 0.717) is 0 Å². The van der Waals surface area contributed by atoms with Crippen LogP contribution in [-0.2, 0) is 9.84 Å². The molecule has 3 rings (SSSR count). The predicted molar refractivity (Wildman–Crippen MR) is 85.9 cm³/mol. The molecular weight excluding hydrogens is 317 g/mol. The Kier molecular flexibility index (Phi) is 3.56. The van der Waals surface area contributed by atoms with E-state index in [1.165, 1.54) is 30.3 Å². The summed E-state index contributed by atoms with van der Waals surface area (Å²) in [5.41, 5.74) is 1.06. The Balaban J connectivity index is 2.29. The van der Waals surface area contributed by atoms with E-state index in [-0.39, 0.29) is 20.7 Å². The Morgan fingerprint density at radius 1 is 1.04 bits per heavy atom. The summed E-state index contributed by atoms with van der Waals surface area (Å²) in [6, 6.07) is 8.66. The molecule has 0 aliphatic heterocycles. The minimum absolute atomic E-state index is 0.00321. The highest BCUT2D eigenvalue weighted by Crippen LogP contribution is 2.22. The van der Waals surface area contributed by atoms with Crippen LogP contribution in [0.25, 0.3) is 10.9 Å². The van der Waals surface area contributed by atoms with Gasteiger partial charge in [0.2, 0.25) is 15.3 Å². The molecule has 118 valence electrons. The monoisotopic (exact) mass is 331 g/mol. The first-order valence-corrected chi connectivity index (χ1v) is 8.43. The molecule has 1 aromatic heterocycles. The molecule has 23 heavy (non-hydrogen) atoms. The van der Waals surface area contributed by atoms with Crippen LogP contribution in [0.3, 0.4) is 0 Å². The fraction of sp³-hybridized carbons (Fsp3) is 0.118. The largest absolute Gasteiger partial charge is 0.357 e. The number of nitrogens with one attached hydrogen (secondary N) is 1. The fourth-order valence-electron chi connectivity index (χ4n) is 2.40. The van der Waals surface area contributed by atoms with Gasteiger partial charge in [0.25, 0.3) is 0 Å². The number of para-hydroxylation sites is 1. The number of H-pyrrole nitrogens is 1. The topological polar surface area (TPSA) is 67.0 Å². The average Bonchev–Trinajstić information content (AvgIpc) is 2.51. The van der Waals surface area contributed by atoms with Gasteiger partial charge in [-0.2, -0.15) is 0 Å². The zero-order valence-corrected chi connectivity index (χ0v) is 13.4. The number of aromatic amines is 1. The van der Waals surface area contributed by atoms with Crippen molar-refractivity contribution >= 4 is 20.7 Å². The second-order valence-electron chi connectivity index (χ2n) is 5.39. The summed E-state index contributed by atoms with van der Waals surface area (Å²) in [7, 11) is -3.98. The number of hydrogen-bond acceptors (Lipinski definition) is 3. The van der Waals surface area contributed by atoms with Gasteiger partial charge in [-0.25, -0.2) is 12.8 Å². The van der Waals surface area contributed by atoms with Crippen LogP contribution < -0.4 is 5.43 Å². The van der Waals surface area contributed by atoms with Crippen LogP contribution in [0.5, 0.6) is 0 Å². The van der Waals surface area contributed by atoms with E-state index in [2.05, 4.69) is 4.98 Å². The summed E-state index contributed by atoms with van der Waals surface area (Å²) in [5, 5.41) is 0.00917. The van der Waals surface area contributed by atoms with Crippen molar-refractivity contribution in [3.8, 4) is 0 Å². The van der Waals surface area contributed by atoms with Crippen molar-refractivity contribution in [3.05, 3.63) is 69.8 Å². The van der Waals surface area contributed by atoms with Gasteiger partial charge >= 0.3 is 0 Å². The van der Waals surface area contributed by atoms with Gasteiger partial charge in [-0.15, -0.1) is 0 Å². The Bertz CT molecular complexity index is 1080. The van der Waals surface area contributed by atoms with Crippen molar-refractivity contribution in [2.45, 2.75) is 23.6 Å². The van der Waals surface area contributed by atoms with Crippen molar-refractivity contribution < 1.29 is 12.8 Å². The van der Waals surface area contributed by atoms with Crippen molar-refractivity contribution in [3.63, 3.8) is 0 Å². The third-order valence-electron chi connectivity index (χ3n) is 3.91. The Morgan fingerprint density at radius 2 is 1.78 bits per heavy atom. The zero-order chi connectivity index (χ0) is 16.8. The van der Waals surface area contributed by atoms with Crippen molar-refractivity contribution in [2.75, 3.05) is 0 Å². The van der Waals surface area contributed by atoms with Gasteiger partial charge < -0.3 is 4.98 Å². The smallest absolute Gasteiger partial charge is 0.211 e. The highest BCUT2D eigenvalue weighted by atomic mass is 32.2. The number of hydrogen-bond donors (Lipinski definition) is 1. The number of fused-ring (bicyclic) bond motifs is 1. The van der Waals surface area contributed by atoms with Gasteiger partial charge in [0.15, 0.2) is 0 Å². The van der Waals surface area contributed by atoms with Gasteiger partial charge in [0, 0.05) is 11.6 Å². The first kappa shape index (κ1) is 15.4. The van der Waals surface area contributed by atoms with Gasteiger partial charge in [0.05, 0.1) is 10.4 Å². The average molecular weight is 331 g/mol. The molecule has 0 aliphatic rings. The second kappa shape index (κ2) is 5.31. The predicted octanol–water partition coefficient (Wildman–Crippen LogP) is 3.12. The van der Waals surface area contributed by atoms with E-state index in [9.17, 15) is 17.6 Å². The molecule has 3 aromatic rings. The van der Waals surface area contributed by atoms with Crippen LogP contribution in [0.2, 0.25) is 0 Å². The number of aryl methyl sites for hydroxylation is 2. The van der Waals surface area contributed by atoms with Crippen LogP contribution in [0.1, 0.15) is 11.1 Å². The molecule has 0 saturated carbocycles. The van der Waals surface area contributed by atoms with E-state index in [1.54, 1.807) is 13.0 Å². The van der Waals surface area contributed by atoms with Gasteiger partial charge in [-0.05, 0) is 49.2 Å². The summed E-state index contributed by atoms with van der Waals surface area (Å²) in [6.45, 7) is 3.67. The second-order valence-corrected chi connectivity index (χ2v) is 7.31. The standard InChI is InChI=1S/C17H14FNO3S/c1-10-6-7-12(8-11(10)2)23(21,22)15-9-19-16-13(17(15)20)4-3-5-14(16)18/h3-9H,1-2H3,(H,19,20). The number of sulfone groups is 1. The molecule has 0 saturated heterocycles. The Morgan fingerprint density at radius 3 is 2.48 bits per heavy atom. The van der Waals surface area contributed by atoms with Crippen LogP contribution in [0.15, 0.2) is 57.2 Å². The Hall–Kier alpha value is -2.47. The maximum absolute atomic E-state index is 13.7. The molecule has 6 heteroatoms. The molecule has 0 amide bonds. The minimum Gasteiger partial charge on any atom is -0.357 e. The van der Waals surface area contributed by atoms with E-state index < -0.39 is 21.1 Å². The number of benzene rings is 2. The van der Waals surface area contributed by atoms with Crippen LogP contribution in [0, 0.1) is 19.7 Å². The van der Waals surface area contributed by atoms with E-state index in [4.69, 9.17) is 0 Å². The van der Waals surface area contributed by atoms with Crippen LogP contribution in [-0.4, -0.2) is 13.4 Å². The molecular formula is C17H14FNO3S. The lowest BCUT2D eigenvalue weighted by molar-refractivity contribution is 0.594. The lowest BCUT2D eigenvalue weighted by atomic mass is 10.1. The molecule has 0 unspecified atom stereocenters. The molecule has 0 fully saturated rings. The van der Waals surface area contributed by atoms with E-state index in [0.717, 1.165) is 17.3 Å². The maximum Gasteiger partial charge on any atom is 0.211 e. The lowest BCUT2D eigenvalue weighted by Gasteiger charge is -2.08. The molecule has 0 radical (unpaired) electrons. The quantitative estimate of drug-likeness (QED) is 0.784. The molecule has 4 nitrogen and oxygen atoms in total. The molecule has 2 aromatic carbocycles. The van der Waals surface area contributed by atoms with Gasteiger partial charge in [-0.1, -0.05) is 12.1 Å². The number of rotatable bonds is 2. The molecule has 1 heterocycles. The molecule has 0 bridgehead atoms. The van der Waals surface area contributed by atoms with Crippen LogP contribution in [0.4, 0.5) is 4.39 Å². The van der Waals surface area contributed by atoms with Crippen molar-refractivity contribution in [1.29, 1.82) is 0 Å². The fourth-order valence-corrected chi connectivity index (χ4v) is 3.80. The van der Waals surface area contributed by atoms with Crippen molar-refractivity contribution in [2.24, 2.45) is 0 Å². The van der Waals surface area contributed by atoms with Crippen LogP contribution >= 0.6 is 0 Å². The third kappa shape index (κ3) is 2.45. The number of pyridine rings is 1. The summed E-state index contributed by atoms with van der Waals surface area (Å²) in [4.78, 5) is 14.7. The van der Waals surface area contributed by atoms with Gasteiger partial charge in [-0.3, -0.25) is 4.79 Å². The molecule has 1 N–H and O–H groups in total. The normalized spacial score (nSPS) is 11.8. The zero-order valence-electron chi connectivity index (χ0n) is 12.6. The summed E-state index contributed by atoms with van der Waals surface area (Å²) >= 11 is 0. The summed E-state index contributed by atoms with van der Waals surface area (Å²) in [6.07, 6.45) is 1.05. The SMILES string of the molecule is Cc1ccc(S(=O)(=O)c2c[nH]c3c(F)cccc3c2=O)cc1C. The maximum atomic E-state index is 13.7. The number of halogens is 1. The van der Waals surface area contributed by atoms with E-state index >= 15 is 0 Å². The Labute approximate surface area is 132 Å². The lowest BCUT2D eigenvalue weighted by Crippen LogP contribution is -2.16. The highest BCUT2D eigenvalue weighted by Gasteiger charge is 2.23. The minimum atomic E-state index is -3.98. The van der Waals surface area contributed by atoms with Gasteiger partial charge in [0.1, 0.15) is 10.7 Å². The number of aromatic nitrogens is 1. The molecule has 0 spiro atoms. The summed E-state index contributed by atoms with van der Waals surface area (Å²) < 4.78 is 39.2.